The molecular formula is C12H11BrIN3O. The van der Waals surface area contributed by atoms with Crippen molar-refractivity contribution in [2.75, 3.05) is 5.32 Å². The monoisotopic (exact) mass is 419 g/mol. The molecule has 0 radical (unpaired) electrons. The van der Waals surface area contributed by atoms with Gasteiger partial charge in [-0.2, -0.15) is 5.10 Å². The Hall–Kier alpha value is -0.890. The van der Waals surface area contributed by atoms with Gasteiger partial charge in [0.15, 0.2) is 5.82 Å². The zero-order chi connectivity index (χ0) is 13.3. The maximum atomic E-state index is 12.1. The van der Waals surface area contributed by atoms with Gasteiger partial charge in [0.05, 0.1) is 5.56 Å². The highest BCUT2D eigenvalue weighted by molar-refractivity contribution is 14.1. The summed E-state index contributed by atoms with van der Waals surface area (Å²) in [4.78, 5) is 12.1. The van der Waals surface area contributed by atoms with Crippen molar-refractivity contribution in [2.45, 2.75) is 6.92 Å². The van der Waals surface area contributed by atoms with Crippen molar-refractivity contribution in [3.05, 3.63) is 43.6 Å². The highest BCUT2D eigenvalue weighted by Gasteiger charge is 2.12. The van der Waals surface area contributed by atoms with Crippen molar-refractivity contribution in [1.82, 2.24) is 9.78 Å². The lowest BCUT2D eigenvalue weighted by Crippen LogP contribution is -2.14. The second kappa shape index (κ2) is 5.40. The molecule has 1 aromatic heterocycles. The molecule has 1 heterocycles. The Balaban J connectivity index is 2.24. The molecule has 0 aliphatic heterocycles. The van der Waals surface area contributed by atoms with Crippen LogP contribution in [0.15, 0.2) is 28.7 Å². The Labute approximate surface area is 127 Å². The molecule has 2 aromatic rings. The summed E-state index contributed by atoms with van der Waals surface area (Å²) in [5, 5.41) is 6.99. The average Bonchev–Trinajstić information content (AvgIpc) is 2.61. The van der Waals surface area contributed by atoms with E-state index in [1.54, 1.807) is 10.7 Å². The lowest BCUT2D eigenvalue weighted by atomic mass is 10.2. The summed E-state index contributed by atoms with van der Waals surface area (Å²) in [5.41, 5.74) is 1.63. The molecule has 0 unspecified atom stereocenters. The third-order valence-electron chi connectivity index (χ3n) is 2.53. The zero-order valence-electron chi connectivity index (χ0n) is 9.87. The molecule has 0 atom stereocenters. The highest BCUT2D eigenvalue weighted by Crippen LogP contribution is 2.19. The van der Waals surface area contributed by atoms with E-state index in [-0.39, 0.29) is 5.91 Å². The number of carbonyl (C=O) groups excluding carboxylic acids is 1. The molecule has 0 spiro atoms. The smallest absolute Gasteiger partial charge is 0.257 e. The van der Waals surface area contributed by atoms with Crippen LogP contribution in [0.2, 0.25) is 0 Å². The fourth-order valence-electron chi connectivity index (χ4n) is 1.48. The van der Waals surface area contributed by atoms with Crippen molar-refractivity contribution in [2.24, 2.45) is 7.05 Å². The molecule has 0 bridgehead atoms. The van der Waals surface area contributed by atoms with Crippen LogP contribution in [0.5, 0.6) is 0 Å². The van der Waals surface area contributed by atoms with E-state index in [1.807, 2.05) is 32.2 Å². The highest BCUT2D eigenvalue weighted by atomic mass is 127. The molecule has 0 aliphatic carbocycles. The van der Waals surface area contributed by atoms with Crippen LogP contribution in [-0.4, -0.2) is 15.7 Å². The van der Waals surface area contributed by atoms with Crippen LogP contribution in [0, 0.1) is 10.5 Å². The molecule has 1 N–H and O–H groups in total. The number of nitrogens with one attached hydrogen (secondary N) is 1. The van der Waals surface area contributed by atoms with E-state index in [9.17, 15) is 4.79 Å². The predicted molar refractivity (Wildman–Crippen MR) is 82.8 cm³/mol. The minimum atomic E-state index is -0.154. The van der Waals surface area contributed by atoms with Crippen LogP contribution in [0.3, 0.4) is 0 Å². The lowest BCUT2D eigenvalue weighted by molar-refractivity contribution is 0.102. The minimum absolute atomic E-state index is 0.154. The maximum Gasteiger partial charge on any atom is 0.257 e. The first-order chi connectivity index (χ1) is 8.47. The van der Waals surface area contributed by atoms with Crippen LogP contribution in [0.1, 0.15) is 16.1 Å². The Kier molecular flexibility index (Phi) is 4.06. The normalized spacial score (nSPS) is 10.4. The van der Waals surface area contributed by atoms with Gasteiger partial charge in [-0.1, -0.05) is 15.9 Å². The second-order valence-electron chi connectivity index (χ2n) is 3.87. The number of rotatable bonds is 2. The topological polar surface area (TPSA) is 46.9 Å². The Morgan fingerprint density at radius 3 is 2.78 bits per heavy atom. The van der Waals surface area contributed by atoms with Crippen LogP contribution in [0.25, 0.3) is 0 Å². The number of nitrogens with zero attached hydrogens (tertiary/aromatic N) is 2. The van der Waals surface area contributed by atoms with E-state index in [1.165, 1.54) is 0 Å². The Bertz CT molecular complexity index is 590. The molecule has 0 fully saturated rings. The number of anilines is 1. The molecule has 4 nitrogen and oxygen atoms in total. The first-order valence-corrected chi connectivity index (χ1v) is 7.11. The molecule has 1 amide bonds. The van der Waals surface area contributed by atoms with E-state index < -0.39 is 0 Å². The van der Waals surface area contributed by atoms with Crippen LogP contribution >= 0.6 is 38.5 Å². The quantitative estimate of drug-likeness (QED) is 0.759. The summed E-state index contributed by atoms with van der Waals surface area (Å²) < 4.78 is 3.51. The fraction of sp³-hybridized carbons (Fsp3) is 0.167. The van der Waals surface area contributed by atoms with E-state index in [2.05, 4.69) is 48.9 Å². The summed E-state index contributed by atoms with van der Waals surface area (Å²) in [5.74, 6) is 0.412. The van der Waals surface area contributed by atoms with Crippen molar-refractivity contribution >= 4 is 50.2 Å². The fourth-order valence-corrected chi connectivity index (χ4v) is 2.42. The van der Waals surface area contributed by atoms with Gasteiger partial charge < -0.3 is 5.32 Å². The summed E-state index contributed by atoms with van der Waals surface area (Å²) in [6.45, 7) is 1.94. The van der Waals surface area contributed by atoms with E-state index in [0.717, 1.165) is 13.7 Å². The van der Waals surface area contributed by atoms with Crippen molar-refractivity contribution < 1.29 is 4.79 Å². The molecule has 0 saturated heterocycles. The summed E-state index contributed by atoms with van der Waals surface area (Å²) in [6, 6.07) is 7.43. The van der Waals surface area contributed by atoms with Gasteiger partial charge in [0.1, 0.15) is 0 Å². The standard InChI is InChI=1S/C12H11BrIN3O/c1-7-5-11(16-17(7)2)15-12(18)9-6-8(13)3-4-10(9)14/h3-6H,1-2H3,(H,15,16,18). The Morgan fingerprint density at radius 1 is 1.44 bits per heavy atom. The van der Waals surface area contributed by atoms with Crippen LogP contribution in [0.4, 0.5) is 5.82 Å². The molecule has 18 heavy (non-hydrogen) atoms. The number of aryl methyl sites for hydroxylation is 2. The molecule has 0 aliphatic rings. The first-order valence-electron chi connectivity index (χ1n) is 5.24. The molecule has 94 valence electrons. The number of benzene rings is 1. The van der Waals surface area contributed by atoms with Crippen LogP contribution in [-0.2, 0) is 7.05 Å². The van der Waals surface area contributed by atoms with Gasteiger partial charge in [0.25, 0.3) is 5.91 Å². The average molecular weight is 420 g/mol. The van der Waals surface area contributed by atoms with Crippen molar-refractivity contribution in [3.8, 4) is 0 Å². The van der Waals surface area contributed by atoms with Gasteiger partial charge in [0, 0.05) is 26.9 Å². The van der Waals surface area contributed by atoms with E-state index in [0.29, 0.717) is 11.4 Å². The molecule has 1 aromatic carbocycles. The van der Waals surface area contributed by atoms with Gasteiger partial charge in [-0.25, -0.2) is 0 Å². The van der Waals surface area contributed by atoms with Crippen LogP contribution < -0.4 is 5.32 Å². The van der Waals surface area contributed by atoms with Gasteiger partial charge in [0.2, 0.25) is 0 Å². The number of carbonyl (C=O) groups is 1. The molecular weight excluding hydrogens is 409 g/mol. The number of aromatic nitrogens is 2. The van der Waals surface area contributed by atoms with Gasteiger partial charge in [-0.15, -0.1) is 0 Å². The Morgan fingerprint density at radius 2 is 2.17 bits per heavy atom. The zero-order valence-corrected chi connectivity index (χ0v) is 13.6. The first kappa shape index (κ1) is 13.5. The summed E-state index contributed by atoms with van der Waals surface area (Å²) in [7, 11) is 1.84. The predicted octanol–water partition coefficient (Wildman–Crippen LogP) is 3.35. The summed E-state index contributed by atoms with van der Waals surface area (Å²) >= 11 is 5.50. The third-order valence-corrected chi connectivity index (χ3v) is 3.96. The summed E-state index contributed by atoms with van der Waals surface area (Å²) in [6.07, 6.45) is 0. The number of hydrogen-bond acceptors (Lipinski definition) is 2. The van der Waals surface area contributed by atoms with Gasteiger partial charge >= 0.3 is 0 Å². The number of hydrogen-bond donors (Lipinski definition) is 1. The molecule has 6 heteroatoms. The number of amides is 1. The largest absolute Gasteiger partial charge is 0.305 e. The van der Waals surface area contributed by atoms with Crippen molar-refractivity contribution in [1.29, 1.82) is 0 Å². The van der Waals surface area contributed by atoms with Crippen molar-refractivity contribution in [3.63, 3.8) is 0 Å². The van der Waals surface area contributed by atoms with E-state index in [4.69, 9.17) is 0 Å². The van der Waals surface area contributed by atoms with E-state index >= 15 is 0 Å². The van der Waals surface area contributed by atoms with Gasteiger partial charge in [-0.05, 0) is 47.7 Å². The lowest BCUT2D eigenvalue weighted by Gasteiger charge is -2.05. The molecule has 0 saturated carbocycles. The van der Waals surface area contributed by atoms with Gasteiger partial charge in [-0.3, -0.25) is 9.48 Å². The maximum absolute atomic E-state index is 12.1. The minimum Gasteiger partial charge on any atom is -0.305 e. The molecule has 2 rings (SSSR count). The SMILES string of the molecule is Cc1cc(NC(=O)c2cc(Br)ccc2I)nn1C. The number of halogens is 2. The third kappa shape index (κ3) is 2.92. The second-order valence-corrected chi connectivity index (χ2v) is 5.95.